The lowest BCUT2D eigenvalue weighted by Gasteiger charge is -2.59. The van der Waals surface area contributed by atoms with Crippen LogP contribution in [0.3, 0.4) is 0 Å². The highest BCUT2D eigenvalue weighted by Crippen LogP contribution is 2.64. The van der Waals surface area contributed by atoms with E-state index in [2.05, 4.69) is 0 Å². The average molecular weight is 305 g/mol. The molecular formula is C14H24FNO3S. The van der Waals surface area contributed by atoms with Crippen molar-refractivity contribution in [1.29, 1.82) is 0 Å². The molecule has 0 heterocycles. The maximum Gasteiger partial charge on any atom is 0.267 e. The third kappa shape index (κ3) is 2.62. The average Bonchev–Trinajstić information content (AvgIpc) is 2.23. The Hall–Kier alpha value is -0.200. The third-order valence-electron chi connectivity index (χ3n) is 5.68. The van der Waals surface area contributed by atoms with Gasteiger partial charge in [0.15, 0.2) is 0 Å². The maximum absolute atomic E-state index is 14.8. The van der Waals surface area contributed by atoms with Crippen LogP contribution < -0.4 is 5.73 Å². The number of hydrogen-bond acceptors (Lipinski definition) is 3. The summed E-state index contributed by atoms with van der Waals surface area (Å²) in [5.41, 5.74) is 4.16. The van der Waals surface area contributed by atoms with Crippen LogP contribution in [0.4, 0.5) is 4.39 Å². The predicted octanol–water partition coefficient (Wildman–Crippen LogP) is 2.29. The molecule has 3 unspecified atom stereocenters. The molecule has 0 saturated heterocycles. The highest BCUT2D eigenvalue weighted by molar-refractivity contribution is 7.86. The monoisotopic (exact) mass is 305 g/mol. The first-order chi connectivity index (χ1) is 9.24. The number of rotatable bonds is 5. The van der Waals surface area contributed by atoms with Crippen molar-refractivity contribution in [1.82, 2.24) is 0 Å². The van der Waals surface area contributed by atoms with E-state index in [1.165, 1.54) is 0 Å². The summed E-state index contributed by atoms with van der Waals surface area (Å²) < 4.78 is 47.3. The molecule has 0 aliphatic heterocycles. The summed E-state index contributed by atoms with van der Waals surface area (Å²) in [6, 6.07) is 0. The van der Waals surface area contributed by atoms with Crippen LogP contribution in [0.25, 0.3) is 0 Å². The zero-order chi connectivity index (χ0) is 14.6. The topological polar surface area (TPSA) is 80.4 Å². The van der Waals surface area contributed by atoms with Crippen LogP contribution in [0.1, 0.15) is 51.4 Å². The van der Waals surface area contributed by atoms with Gasteiger partial charge in [0, 0.05) is 0 Å². The first-order valence-corrected chi connectivity index (χ1v) is 9.09. The van der Waals surface area contributed by atoms with E-state index in [4.69, 9.17) is 5.73 Å². The molecular weight excluding hydrogens is 281 g/mol. The van der Waals surface area contributed by atoms with E-state index < -0.39 is 21.0 Å². The SMILES string of the molecule is NCCC(CC12C[C@@H]3C[C@@H](CC(F)(C3)C1)C2)S(=O)(=O)O. The van der Waals surface area contributed by atoms with Crippen LogP contribution in [-0.2, 0) is 10.1 Å². The Morgan fingerprint density at radius 1 is 1.25 bits per heavy atom. The molecule has 4 saturated carbocycles. The first kappa shape index (κ1) is 14.7. The van der Waals surface area contributed by atoms with Gasteiger partial charge in [0.05, 0.1) is 5.25 Å². The van der Waals surface area contributed by atoms with Crippen LogP contribution in [0, 0.1) is 17.3 Å². The van der Waals surface area contributed by atoms with E-state index in [9.17, 15) is 17.4 Å². The quantitative estimate of drug-likeness (QED) is 0.764. The van der Waals surface area contributed by atoms with Gasteiger partial charge in [-0.15, -0.1) is 0 Å². The molecule has 3 N–H and O–H groups in total. The lowest BCUT2D eigenvalue weighted by molar-refractivity contribution is -0.126. The molecule has 0 radical (unpaired) electrons. The van der Waals surface area contributed by atoms with E-state index >= 15 is 0 Å². The van der Waals surface area contributed by atoms with Crippen LogP contribution >= 0.6 is 0 Å². The molecule has 4 fully saturated rings. The molecule has 4 aliphatic carbocycles. The Morgan fingerprint density at radius 2 is 1.85 bits per heavy atom. The van der Waals surface area contributed by atoms with Crippen LogP contribution in [-0.4, -0.2) is 30.4 Å². The molecule has 116 valence electrons. The smallest absolute Gasteiger partial charge is 0.267 e. The summed E-state index contributed by atoms with van der Waals surface area (Å²) in [7, 11) is -4.09. The van der Waals surface area contributed by atoms with E-state index in [0.717, 1.165) is 19.3 Å². The summed E-state index contributed by atoms with van der Waals surface area (Å²) in [4.78, 5) is 0. The zero-order valence-corrected chi connectivity index (χ0v) is 12.5. The maximum atomic E-state index is 14.8. The van der Waals surface area contributed by atoms with Crippen molar-refractivity contribution in [3.05, 3.63) is 0 Å². The summed E-state index contributed by atoms with van der Waals surface area (Å²) in [5.74, 6) is 0.808. The van der Waals surface area contributed by atoms with Crippen molar-refractivity contribution in [2.75, 3.05) is 6.54 Å². The summed E-state index contributed by atoms with van der Waals surface area (Å²) in [6.45, 7) is 0.230. The first-order valence-electron chi connectivity index (χ1n) is 7.59. The van der Waals surface area contributed by atoms with E-state index in [1.54, 1.807) is 0 Å². The van der Waals surface area contributed by atoms with Gasteiger partial charge in [-0.1, -0.05) is 0 Å². The third-order valence-corrected chi connectivity index (χ3v) is 6.93. The normalized spacial score (nSPS) is 44.8. The standard InChI is InChI=1S/C14H24FNO3S/c15-14-6-10-3-11(7-14)5-13(4-10,9-14)8-12(1-2-16)20(17,18)19/h10-12H,1-9,16H2,(H,17,18,19)/t10-,11+,12?,13?,14?. The molecule has 4 bridgehead atoms. The van der Waals surface area contributed by atoms with Gasteiger partial charge in [-0.2, -0.15) is 8.42 Å². The molecule has 0 aromatic rings. The van der Waals surface area contributed by atoms with Crippen LogP contribution in [0.5, 0.6) is 0 Å². The van der Waals surface area contributed by atoms with Crippen molar-refractivity contribution in [2.24, 2.45) is 23.0 Å². The van der Waals surface area contributed by atoms with Gasteiger partial charge < -0.3 is 5.73 Å². The summed E-state index contributed by atoms with van der Waals surface area (Å²) >= 11 is 0. The molecule has 0 spiro atoms. The van der Waals surface area contributed by atoms with Gasteiger partial charge in [-0.3, -0.25) is 4.55 Å². The fraction of sp³-hybridized carbons (Fsp3) is 1.00. The zero-order valence-electron chi connectivity index (χ0n) is 11.7. The Morgan fingerprint density at radius 3 is 2.30 bits per heavy atom. The largest absolute Gasteiger partial charge is 0.330 e. The van der Waals surface area contributed by atoms with Crippen molar-refractivity contribution >= 4 is 10.1 Å². The van der Waals surface area contributed by atoms with Crippen molar-refractivity contribution in [3.8, 4) is 0 Å². The van der Waals surface area contributed by atoms with Crippen LogP contribution in [0.2, 0.25) is 0 Å². The van der Waals surface area contributed by atoms with Gasteiger partial charge in [-0.05, 0) is 75.2 Å². The van der Waals surface area contributed by atoms with Gasteiger partial charge in [-0.25, -0.2) is 4.39 Å². The summed E-state index contributed by atoms with van der Waals surface area (Å²) in [6.07, 6.45) is 5.36. The van der Waals surface area contributed by atoms with E-state index in [-0.39, 0.29) is 18.4 Å². The fourth-order valence-corrected chi connectivity index (χ4v) is 6.60. The van der Waals surface area contributed by atoms with Gasteiger partial charge in [0.2, 0.25) is 0 Å². The molecule has 0 aromatic carbocycles. The van der Waals surface area contributed by atoms with Crippen molar-refractivity contribution < 1.29 is 17.4 Å². The highest BCUT2D eigenvalue weighted by Gasteiger charge is 2.58. The highest BCUT2D eigenvalue weighted by atomic mass is 32.2. The summed E-state index contributed by atoms with van der Waals surface area (Å²) in [5, 5.41) is -0.827. The van der Waals surface area contributed by atoms with Crippen molar-refractivity contribution in [3.63, 3.8) is 0 Å². The van der Waals surface area contributed by atoms with Crippen LogP contribution in [0.15, 0.2) is 0 Å². The van der Waals surface area contributed by atoms with Gasteiger partial charge >= 0.3 is 0 Å². The molecule has 4 aliphatic rings. The minimum absolute atomic E-state index is 0.228. The molecule has 4 rings (SSSR count). The second kappa shape index (κ2) is 4.65. The molecule has 20 heavy (non-hydrogen) atoms. The molecule has 6 heteroatoms. The minimum Gasteiger partial charge on any atom is -0.330 e. The second-order valence-electron chi connectivity index (χ2n) is 7.53. The lowest BCUT2D eigenvalue weighted by atomic mass is 9.47. The number of hydrogen-bond donors (Lipinski definition) is 2. The fourth-order valence-electron chi connectivity index (χ4n) is 5.60. The Bertz CT molecular complexity index is 479. The lowest BCUT2D eigenvalue weighted by Crippen LogP contribution is -2.54. The van der Waals surface area contributed by atoms with E-state index in [0.29, 0.717) is 37.5 Å². The van der Waals surface area contributed by atoms with Crippen molar-refractivity contribution in [2.45, 2.75) is 62.3 Å². The van der Waals surface area contributed by atoms with Gasteiger partial charge in [0.25, 0.3) is 10.1 Å². The van der Waals surface area contributed by atoms with Gasteiger partial charge in [0.1, 0.15) is 5.67 Å². The molecule has 4 nitrogen and oxygen atoms in total. The Balaban J connectivity index is 1.82. The Labute approximate surface area is 120 Å². The number of halogens is 1. The predicted molar refractivity (Wildman–Crippen MR) is 74.6 cm³/mol. The minimum atomic E-state index is -4.09. The molecule has 5 atom stereocenters. The molecule has 0 amide bonds. The number of alkyl halides is 1. The molecule has 0 aromatic heterocycles. The Kier molecular flexibility index (Phi) is 3.42. The number of nitrogens with two attached hydrogens (primary N) is 1. The van der Waals surface area contributed by atoms with E-state index in [1.807, 2.05) is 0 Å². The second-order valence-corrected chi connectivity index (χ2v) is 9.23.